The number of H-pyrrole nitrogens is 1. The molecule has 0 unspecified atom stereocenters. The Balaban J connectivity index is 2.19. The molecule has 0 bridgehead atoms. The fraction of sp³-hybridized carbons (Fsp3) is 0.211. The third-order valence-corrected chi connectivity index (χ3v) is 4.85. The van der Waals surface area contributed by atoms with Crippen molar-refractivity contribution in [2.24, 2.45) is 0 Å². The van der Waals surface area contributed by atoms with Gasteiger partial charge in [0.15, 0.2) is 32.9 Å². The highest BCUT2D eigenvalue weighted by Gasteiger charge is 2.20. The summed E-state index contributed by atoms with van der Waals surface area (Å²) in [6.45, 7) is 1.60. The summed E-state index contributed by atoms with van der Waals surface area (Å²) < 4.78 is 61.2. The Hall–Kier alpha value is -3.34. The van der Waals surface area contributed by atoms with Crippen LogP contribution in [0.4, 0.5) is 8.78 Å². The van der Waals surface area contributed by atoms with Crippen molar-refractivity contribution in [2.75, 3.05) is 13.4 Å². The van der Waals surface area contributed by atoms with Gasteiger partial charge in [-0.2, -0.15) is 0 Å². The molecule has 0 atom stereocenters. The van der Waals surface area contributed by atoms with E-state index in [0.29, 0.717) is 17.2 Å². The molecule has 0 radical (unpaired) electrons. The summed E-state index contributed by atoms with van der Waals surface area (Å²) in [6.07, 6.45) is 3.56. The molecule has 0 fully saturated rings. The summed E-state index contributed by atoms with van der Waals surface area (Å²) in [4.78, 5) is 22.7. The number of hydrogen-bond donors (Lipinski definition) is 1. The number of nitrogens with zero attached hydrogens (tertiary/aromatic N) is 2. The van der Waals surface area contributed by atoms with Crippen LogP contribution in [0.25, 0.3) is 11.3 Å². The number of pyridine rings is 1. The molecule has 30 heavy (non-hydrogen) atoms. The second kappa shape index (κ2) is 8.19. The van der Waals surface area contributed by atoms with Crippen molar-refractivity contribution in [3.63, 3.8) is 0 Å². The third-order valence-electron chi connectivity index (χ3n) is 4.07. The zero-order valence-electron chi connectivity index (χ0n) is 16.2. The fourth-order valence-electron chi connectivity index (χ4n) is 2.75. The minimum Gasteiger partial charge on any atom is -0.491 e. The average Bonchev–Trinajstić information content (AvgIpc) is 2.64. The lowest BCUT2D eigenvalue weighted by atomic mass is 10.1. The number of halogens is 2. The standard InChI is InChI=1S/C19H17F2N3O5S/c1-10-12(7-23-19(25)18(10)28-2)17-15(8-22-16(24-17)9-30(3,26)27)29-14-5-4-11(20)6-13(14)21/h4-8H,9H2,1-3H3,(H,23,25). The molecule has 0 spiro atoms. The molecule has 0 amide bonds. The Kier molecular flexibility index (Phi) is 5.83. The van der Waals surface area contributed by atoms with Crippen molar-refractivity contribution in [1.29, 1.82) is 0 Å². The van der Waals surface area contributed by atoms with Gasteiger partial charge in [-0.1, -0.05) is 0 Å². The van der Waals surface area contributed by atoms with Crippen LogP contribution in [-0.2, 0) is 15.6 Å². The van der Waals surface area contributed by atoms with Crippen molar-refractivity contribution >= 4 is 9.84 Å². The van der Waals surface area contributed by atoms with Crippen molar-refractivity contribution < 1.29 is 26.7 Å². The van der Waals surface area contributed by atoms with E-state index in [0.717, 1.165) is 18.4 Å². The summed E-state index contributed by atoms with van der Waals surface area (Å²) >= 11 is 0. The minimum absolute atomic E-state index is 0.0229. The Morgan fingerprint density at radius 3 is 2.57 bits per heavy atom. The Bertz CT molecular complexity index is 1280. The molecule has 158 valence electrons. The van der Waals surface area contributed by atoms with E-state index in [1.54, 1.807) is 6.92 Å². The molecule has 0 saturated heterocycles. The number of aromatic amines is 1. The van der Waals surface area contributed by atoms with Crippen LogP contribution in [0.1, 0.15) is 11.4 Å². The van der Waals surface area contributed by atoms with E-state index in [1.165, 1.54) is 19.5 Å². The largest absolute Gasteiger partial charge is 0.491 e. The normalized spacial score (nSPS) is 11.4. The van der Waals surface area contributed by atoms with Crippen LogP contribution in [0.3, 0.4) is 0 Å². The highest BCUT2D eigenvalue weighted by Crippen LogP contribution is 2.35. The first kappa shape index (κ1) is 21.4. The zero-order valence-corrected chi connectivity index (χ0v) is 17.0. The molecule has 0 aliphatic carbocycles. The lowest BCUT2D eigenvalue weighted by molar-refractivity contribution is 0.405. The number of ether oxygens (including phenoxy) is 2. The van der Waals surface area contributed by atoms with Gasteiger partial charge >= 0.3 is 0 Å². The van der Waals surface area contributed by atoms with Gasteiger partial charge in [-0.25, -0.2) is 27.2 Å². The van der Waals surface area contributed by atoms with Crippen LogP contribution >= 0.6 is 0 Å². The van der Waals surface area contributed by atoms with Crippen molar-refractivity contribution in [3.05, 3.63) is 64.0 Å². The number of rotatable bonds is 6. The first-order valence-electron chi connectivity index (χ1n) is 8.52. The van der Waals surface area contributed by atoms with Gasteiger partial charge in [0.25, 0.3) is 5.56 Å². The van der Waals surface area contributed by atoms with Crippen LogP contribution in [-0.4, -0.2) is 36.7 Å². The van der Waals surface area contributed by atoms with Gasteiger partial charge in [0.2, 0.25) is 0 Å². The molecular weight excluding hydrogens is 420 g/mol. The smallest absolute Gasteiger partial charge is 0.290 e. The maximum Gasteiger partial charge on any atom is 0.290 e. The number of nitrogens with one attached hydrogen (secondary N) is 1. The Morgan fingerprint density at radius 1 is 1.20 bits per heavy atom. The van der Waals surface area contributed by atoms with Gasteiger partial charge < -0.3 is 14.5 Å². The van der Waals surface area contributed by atoms with Crippen LogP contribution in [0.15, 0.2) is 35.4 Å². The van der Waals surface area contributed by atoms with Gasteiger partial charge in [-0.05, 0) is 19.1 Å². The number of sulfone groups is 1. The summed E-state index contributed by atoms with van der Waals surface area (Å²) in [5.74, 6) is -2.48. The number of aromatic nitrogens is 3. The van der Waals surface area contributed by atoms with Crippen LogP contribution < -0.4 is 15.0 Å². The molecule has 1 N–H and O–H groups in total. The molecule has 0 aliphatic rings. The van der Waals surface area contributed by atoms with E-state index in [2.05, 4.69) is 15.0 Å². The highest BCUT2D eigenvalue weighted by molar-refractivity contribution is 7.89. The van der Waals surface area contributed by atoms with E-state index in [1.807, 2.05) is 0 Å². The second-order valence-electron chi connectivity index (χ2n) is 6.44. The van der Waals surface area contributed by atoms with Crippen molar-refractivity contribution in [2.45, 2.75) is 12.7 Å². The fourth-order valence-corrected chi connectivity index (χ4v) is 3.36. The molecule has 11 heteroatoms. The molecule has 8 nitrogen and oxygen atoms in total. The number of hydrogen-bond acceptors (Lipinski definition) is 7. The second-order valence-corrected chi connectivity index (χ2v) is 8.58. The van der Waals surface area contributed by atoms with E-state index >= 15 is 0 Å². The first-order chi connectivity index (χ1) is 14.1. The van der Waals surface area contributed by atoms with Gasteiger partial charge in [-0.3, -0.25) is 4.79 Å². The number of methoxy groups -OCH3 is 1. The predicted octanol–water partition coefficient (Wildman–Crippen LogP) is 2.76. The van der Waals surface area contributed by atoms with Crippen LogP contribution in [0.5, 0.6) is 17.2 Å². The molecule has 1 aromatic carbocycles. The zero-order chi connectivity index (χ0) is 22.1. The molecule has 3 rings (SSSR count). The van der Waals surface area contributed by atoms with E-state index in [-0.39, 0.29) is 28.8 Å². The van der Waals surface area contributed by atoms with E-state index in [9.17, 15) is 22.0 Å². The number of benzene rings is 1. The SMILES string of the molecule is COc1c(C)c(-c2nc(CS(C)(=O)=O)ncc2Oc2ccc(F)cc2F)c[nH]c1=O. The highest BCUT2D eigenvalue weighted by atomic mass is 32.2. The quantitative estimate of drug-likeness (QED) is 0.631. The van der Waals surface area contributed by atoms with Gasteiger partial charge in [-0.15, -0.1) is 0 Å². The van der Waals surface area contributed by atoms with Gasteiger partial charge in [0.1, 0.15) is 23.1 Å². The molecular formula is C19H17F2N3O5S. The Labute approximate surface area is 170 Å². The van der Waals surface area contributed by atoms with Crippen molar-refractivity contribution in [3.8, 4) is 28.5 Å². The lowest BCUT2D eigenvalue weighted by Crippen LogP contribution is -2.12. The first-order valence-corrected chi connectivity index (χ1v) is 10.6. The van der Waals surface area contributed by atoms with Gasteiger partial charge in [0.05, 0.1) is 13.3 Å². The summed E-state index contributed by atoms with van der Waals surface area (Å²) in [6, 6.07) is 2.77. The van der Waals surface area contributed by atoms with E-state index < -0.39 is 32.8 Å². The predicted molar refractivity (Wildman–Crippen MR) is 104 cm³/mol. The topological polar surface area (TPSA) is 111 Å². The summed E-state index contributed by atoms with van der Waals surface area (Å²) in [7, 11) is -2.12. The molecule has 0 saturated carbocycles. The van der Waals surface area contributed by atoms with Crippen LogP contribution in [0, 0.1) is 18.6 Å². The average molecular weight is 437 g/mol. The molecule has 0 aliphatic heterocycles. The molecule has 3 aromatic rings. The monoisotopic (exact) mass is 437 g/mol. The molecule has 2 aromatic heterocycles. The minimum atomic E-state index is -3.44. The molecule has 2 heterocycles. The summed E-state index contributed by atoms with van der Waals surface area (Å²) in [5, 5.41) is 0. The maximum atomic E-state index is 14.1. The van der Waals surface area contributed by atoms with Crippen molar-refractivity contribution in [1.82, 2.24) is 15.0 Å². The Morgan fingerprint density at radius 2 is 1.93 bits per heavy atom. The van der Waals surface area contributed by atoms with E-state index in [4.69, 9.17) is 9.47 Å². The van der Waals surface area contributed by atoms with Gasteiger partial charge in [0, 0.05) is 29.6 Å². The third kappa shape index (κ3) is 4.62. The summed E-state index contributed by atoms with van der Waals surface area (Å²) in [5.41, 5.74) is 0.367. The maximum absolute atomic E-state index is 14.1. The van der Waals surface area contributed by atoms with Crippen LogP contribution in [0.2, 0.25) is 0 Å². The lowest BCUT2D eigenvalue weighted by Gasteiger charge is -2.14.